The second-order valence-corrected chi connectivity index (χ2v) is 5.81. The zero-order valence-electron chi connectivity index (χ0n) is 11.0. The molecule has 90 valence electrons. The van der Waals surface area contributed by atoms with Crippen molar-refractivity contribution in [1.82, 2.24) is 10.2 Å². The van der Waals surface area contributed by atoms with Crippen LogP contribution in [0.2, 0.25) is 0 Å². The SMILES string of the molecule is CCNC(CCN1CCCC1)C(C)(C)C. The molecule has 1 aliphatic heterocycles. The Morgan fingerprint density at radius 3 is 2.27 bits per heavy atom. The van der Waals surface area contributed by atoms with Gasteiger partial charge in [0.05, 0.1) is 0 Å². The Labute approximate surface area is 95.4 Å². The fourth-order valence-corrected chi connectivity index (χ4v) is 2.41. The molecule has 2 heteroatoms. The second kappa shape index (κ2) is 5.86. The first-order valence-electron chi connectivity index (χ1n) is 6.49. The highest BCUT2D eigenvalue weighted by atomic mass is 15.1. The third-order valence-electron chi connectivity index (χ3n) is 3.43. The summed E-state index contributed by atoms with van der Waals surface area (Å²) < 4.78 is 0. The minimum Gasteiger partial charge on any atom is -0.314 e. The third-order valence-corrected chi connectivity index (χ3v) is 3.43. The fourth-order valence-electron chi connectivity index (χ4n) is 2.41. The van der Waals surface area contributed by atoms with Gasteiger partial charge in [-0.1, -0.05) is 27.7 Å². The molecule has 1 fully saturated rings. The summed E-state index contributed by atoms with van der Waals surface area (Å²) in [5, 5.41) is 3.62. The first-order valence-corrected chi connectivity index (χ1v) is 6.49. The molecule has 1 unspecified atom stereocenters. The molecule has 0 spiro atoms. The van der Waals surface area contributed by atoms with Gasteiger partial charge in [0.25, 0.3) is 0 Å². The van der Waals surface area contributed by atoms with Gasteiger partial charge in [-0.2, -0.15) is 0 Å². The molecule has 1 atom stereocenters. The molecule has 0 radical (unpaired) electrons. The van der Waals surface area contributed by atoms with E-state index in [9.17, 15) is 0 Å². The van der Waals surface area contributed by atoms with Crippen molar-refractivity contribution in [2.75, 3.05) is 26.2 Å². The Kier molecular flexibility index (Phi) is 5.07. The van der Waals surface area contributed by atoms with Crippen LogP contribution in [0.4, 0.5) is 0 Å². The molecule has 1 aliphatic rings. The Bertz CT molecular complexity index is 166. The zero-order valence-corrected chi connectivity index (χ0v) is 11.0. The van der Waals surface area contributed by atoms with Crippen LogP contribution in [0.3, 0.4) is 0 Å². The summed E-state index contributed by atoms with van der Waals surface area (Å²) in [7, 11) is 0. The van der Waals surface area contributed by atoms with Gasteiger partial charge in [0, 0.05) is 6.04 Å². The molecule has 0 amide bonds. The first-order chi connectivity index (χ1) is 7.04. The molecule has 1 heterocycles. The molecule has 0 aromatic rings. The number of nitrogens with zero attached hydrogens (tertiary/aromatic N) is 1. The van der Waals surface area contributed by atoms with Crippen molar-refractivity contribution in [3.8, 4) is 0 Å². The topological polar surface area (TPSA) is 15.3 Å². The molecule has 0 bridgehead atoms. The van der Waals surface area contributed by atoms with Crippen LogP contribution in [-0.4, -0.2) is 37.1 Å². The van der Waals surface area contributed by atoms with Gasteiger partial charge in [0.15, 0.2) is 0 Å². The van der Waals surface area contributed by atoms with E-state index < -0.39 is 0 Å². The van der Waals surface area contributed by atoms with E-state index in [1.54, 1.807) is 0 Å². The van der Waals surface area contributed by atoms with E-state index in [4.69, 9.17) is 0 Å². The summed E-state index contributed by atoms with van der Waals surface area (Å²) in [4.78, 5) is 2.61. The van der Waals surface area contributed by atoms with Crippen LogP contribution in [0, 0.1) is 5.41 Å². The maximum Gasteiger partial charge on any atom is 0.0128 e. The predicted octanol–water partition coefficient (Wildman–Crippen LogP) is 2.50. The van der Waals surface area contributed by atoms with Crippen molar-refractivity contribution in [3.63, 3.8) is 0 Å². The molecular formula is C13H28N2. The molecule has 0 aliphatic carbocycles. The van der Waals surface area contributed by atoms with Gasteiger partial charge in [0.2, 0.25) is 0 Å². The van der Waals surface area contributed by atoms with Crippen LogP contribution < -0.4 is 5.32 Å². The van der Waals surface area contributed by atoms with Gasteiger partial charge in [-0.05, 0) is 50.9 Å². The minimum absolute atomic E-state index is 0.385. The summed E-state index contributed by atoms with van der Waals surface area (Å²) in [5.74, 6) is 0. The monoisotopic (exact) mass is 212 g/mol. The van der Waals surface area contributed by atoms with Crippen molar-refractivity contribution < 1.29 is 0 Å². The molecule has 1 rings (SSSR count). The first kappa shape index (κ1) is 13.0. The van der Waals surface area contributed by atoms with Gasteiger partial charge in [-0.25, -0.2) is 0 Å². The number of nitrogens with one attached hydrogen (secondary N) is 1. The molecule has 0 aromatic carbocycles. The van der Waals surface area contributed by atoms with E-state index >= 15 is 0 Å². The van der Waals surface area contributed by atoms with E-state index in [0.29, 0.717) is 11.5 Å². The molecule has 15 heavy (non-hydrogen) atoms. The minimum atomic E-state index is 0.385. The zero-order chi connectivity index (χ0) is 11.3. The lowest BCUT2D eigenvalue weighted by atomic mass is 9.84. The third kappa shape index (κ3) is 4.52. The lowest BCUT2D eigenvalue weighted by Crippen LogP contribution is -2.42. The second-order valence-electron chi connectivity index (χ2n) is 5.81. The molecule has 1 N–H and O–H groups in total. The maximum absolute atomic E-state index is 3.62. The summed E-state index contributed by atoms with van der Waals surface area (Å²) >= 11 is 0. The lowest BCUT2D eigenvalue weighted by molar-refractivity contribution is 0.223. The van der Waals surface area contributed by atoms with Crippen molar-refractivity contribution >= 4 is 0 Å². The number of hydrogen-bond donors (Lipinski definition) is 1. The summed E-state index contributed by atoms with van der Waals surface area (Å²) in [6.07, 6.45) is 4.10. The quantitative estimate of drug-likeness (QED) is 0.753. The summed E-state index contributed by atoms with van der Waals surface area (Å²) in [6, 6.07) is 0.656. The van der Waals surface area contributed by atoms with Crippen LogP contribution >= 0.6 is 0 Å². The molecular weight excluding hydrogens is 184 g/mol. The molecule has 1 saturated heterocycles. The summed E-state index contributed by atoms with van der Waals surface area (Å²) in [5.41, 5.74) is 0.385. The van der Waals surface area contributed by atoms with Crippen LogP contribution in [0.15, 0.2) is 0 Å². The highest BCUT2D eigenvalue weighted by molar-refractivity contribution is 4.81. The van der Waals surface area contributed by atoms with Gasteiger partial charge in [-0.15, -0.1) is 0 Å². The standard InChI is InChI=1S/C13H28N2/c1-5-14-12(13(2,3)4)8-11-15-9-6-7-10-15/h12,14H,5-11H2,1-4H3. The van der Waals surface area contributed by atoms with Crippen molar-refractivity contribution in [2.24, 2.45) is 5.41 Å². The van der Waals surface area contributed by atoms with Crippen LogP contribution in [0.25, 0.3) is 0 Å². The largest absolute Gasteiger partial charge is 0.314 e. The average molecular weight is 212 g/mol. The van der Waals surface area contributed by atoms with Crippen LogP contribution in [-0.2, 0) is 0 Å². The molecule has 0 aromatic heterocycles. The van der Waals surface area contributed by atoms with Crippen molar-refractivity contribution in [1.29, 1.82) is 0 Å². The van der Waals surface area contributed by atoms with Gasteiger partial charge in [0.1, 0.15) is 0 Å². The smallest absolute Gasteiger partial charge is 0.0128 e. The summed E-state index contributed by atoms with van der Waals surface area (Å²) in [6.45, 7) is 14.2. The average Bonchev–Trinajstić information content (AvgIpc) is 2.62. The number of hydrogen-bond acceptors (Lipinski definition) is 2. The van der Waals surface area contributed by atoms with Crippen LogP contribution in [0.1, 0.15) is 47.0 Å². The Morgan fingerprint density at radius 1 is 1.20 bits per heavy atom. The predicted molar refractivity (Wildman–Crippen MR) is 67.2 cm³/mol. The Morgan fingerprint density at radius 2 is 1.80 bits per heavy atom. The van der Waals surface area contributed by atoms with E-state index in [-0.39, 0.29) is 0 Å². The Hall–Kier alpha value is -0.0800. The highest BCUT2D eigenvalue weighted by Crippen LogP contribution is 2.22. The molecule has 0 saturated carbocycles. The maximum atomic E-state index is 3.62. The molecule has 2 nitrogen and oxygen atoms in total. The van der Waals surface area contributed by atoms with E-state index in [1.807, 2.05) is 0 Å². The van der Waals surface area contributed by atoms with E-state index in [2.05, 4.69) is 37.9 Å². The number of rotatable bonds is 5. The van der Waals surface area contributed by atoms with E-state index in [1.165, 1.54) is 38.9 Å². The number of likely N-dealkylation sites (tertiary alicyclic amines) is 1. The van der Waals surface area contributed by atoms with Gasteiger partial charge >= 0.3 is 0 Å². The van der Waals surface area contributed by atoms with Gasteiger partial charge in [-0.3, -0.25) is 0 Å². The fraction of sp³-hybridized carbons (Fsp3) is 1.00. The normalized spacial score (nSPS) is 20.8. The van der Waals surface area contributed by atoms with Crippen LogP contribution in [0.5, 0.6) is 0 Å². The van der Waals surface area contributed by atoms with E-state index in [0.717, 1.165) is 6.54 Å². The highest BCUT2D eigenvalue weighted by Gasteiger charge is 2.24. The Balaban J connectivity index is 2.30. The van der Waals surface area contributed by atoms with Gasteiger partial charge < -0.3 is 10.2 Å². The van der Waals surface area contributed by atoms with Crippen molar-refractivity contribution in [3.05, 3.63) is 0 Å². The lowest BCUT2D eigenvalue weighted by Gasteiger charge is -2.32. The van der Waals surface area contributed by atoms with Crippen molar-refractivity contribution in [2.45, 2.75) is 53.0 Å².